The summed E-state index contributed by atoms with van der Waals surface area (Å²) in [5, 5.41) is 7.38. The number of hydrogen-bond acceptors (Lipinski definition) is 10. The van der Waals surface area contributed by atoms with E-state index in [-0.39, 0.29) is 18.2 Å². The van der Waals surface area contributed by atoms with E-state index < -0.39 is 13.3 Å². The number of aliphatic imine (C=N–C) groups is 1. The van der Waals surface area contributed by atoms with Crippen LogP contribution >= 0.6 is 0 Å². The summed E-state index contributed by atoms with van der Waals surface area (Å²) in [7, 11) is -0.167. The Hall–Kier alpha value is -0.964. The first kappa shape index (κ1) is 33.6. The second kappa shape index (κ2) is 23.1. The minimum absolute atomic E-state index is 0.103. The molecule has 4 N–H and O–H groups in total. The third kappa shape index (κ3) is 40.8. The summed E-state index contributed by atoms with van der Waals surface area (Å²) in [4.78, 5) is 35.2. The molecule has 0 aromatic carbocycles. The van der Waals surface area contributed by atoms with Gasteiger partial charge in [-0.25, -0.2) is 0 Å². The van der Waals surface area contributed by atoms with Crippen LogP contribution in [0.15, 0.2) is 4.99 Å². The summed E-state index contributed by atoms with van der Waals surface area (Å²) in [5.41, 5.74) is 5.30. The van der Waals surface area contributed by atoms with Crippen LogP contribution in [-0.4, -0.2) is 84.6 Å². The number of esters is 2. The van der Waals surface area contributed by atoms with Crippen LogP contribution in [0.3, 0.4) is 0 Å². The van der Waals surface area contributed by atoms with Crippen molar-refractivity contribution in [2.75, 3.05) is 27.3 Å². The van der Waals surface area contributed by atoms with Crippen molar-refractivity contribution in [1.29, 1.82) is 0 Å². The average Bonchev–Trinajstić information content (AvgIpc) is 2.56. The van der Waals surface area contributed by atoms with Gasteiger partial charge in [-0.2, -0.15) is 0 Å². The van der Waals surface area contributed by atoms with Crippen molar-refractivity contribution in [2.45, 2.75) is 40.5 Å². The Balaban J connectivity index is -0.000000144. The molecule has 13 heteroatoms. The number of carbonyl (C=O) groups excluding carboxylic acids is 3. The number of ether oxygens (including phenoxy) is 2. The Bertz CT molecular complexity index is 537. The fourth-order valence-corrected chi connectivity index (χ4v) is 0.915. The van der Waals surface area contributed by atoms with E-state index in [1.807, 2.05) is 0 Å². The number of nitrogens with two attached hydrogens (primary N) is 1. The van der Waals surface area contributed by atoms with Gasteiger partial charge >= 0.3 is 57.4 Å². The Morgan fingerprint density at radius 2 is 1.37 bits per heavy atom. The van der Waals surface area contributed by atoms with Crippen LogP contribution in [0.4, 0.5) is 0 Å². The quantitative estimate of drug-likeness (QED) is 0.129. The summed E-state index contributed by atoms with van der Waals surface area (Å²) in [6.07, 6.45) is 0.207. The van der Waals surface area contributed by atoms with Crippen molar-refractivity contribution in [2.24, 2.45) is 10.7 Å². The molecule has 0 aliphatic carbocycles. The van der Waals surface area contributed by atoms with E-state index in [1.165, 1.54) is 14.0 Å². The number of nitrogens with zero attached hydrogens (tertiary/aromatic N) is 1. The fraction of sp³-hybridized carbons (Fsp3) is 0.714. The van der Waals surface area contributed by atoms with E-state index in [4.69, 9.17) is 14.5 Å². The standard InChI is InChI=1S/C7H13NO2.C6H10O3.CH5N.Mg.H2O4S/c1-4-10-7(9)5-6(2)8-3;1-3-9-6(8)4-5(2)7;1-2;;1-4-5(2)3/h4-5H2,1-3H3;3-4H2,1-2H3;2H2,1H3;;1H,(H,2,3). The molecule has 0 spiro atoms. The maximum atomic E-state index is 10.7. The van der Waals surface area contributed by atoms with Gasteiger partial charge in [-0.3, -0.25) is 19.4 Å². The molecular formula is C14H30MgN2O9S. The fourth-order valence-electron chi connectivity index (χ4n) is 0.915. The molecule has 0 heterocycles. The predicted molar refractivity (Wildman–Crippen MR) is 103 cm³/mol. The predicted octanol–water partition coefficient (Wildman–Crippen LogP) is 0.366. The van der Waals surface area contributed by atoms with Crippen LogP contribution in [0, 0.1) is 0 Å². The first-order valence-corrected chi connectivity index (χ1v) is 11.0. The van der Waals surface area contributed by atoms with Crippen molar-refractivity contribution in [1.82, 2.24) is 0 Å². The molecule has 0 aliphatic rings. The van der Waals surface area contributed by atoms with Crippen molar-refractivity contribution in [3.8, 4) is 0 Å². The summed E-state index contributed by atoms with van der Waals surface area (Å²) in [6.45, 7) is 7.43. The van der Waals surface area contributed by atoms with Crippen molar-refractivity contribution in [3.63, 3.8) is 0 Å². The van der Waals surface area contributed by atoms with E-state index in [2.05, 4.69) is 19.8 Å². The first-order chi connectivity index (χ1) is 12.4. The third-order valence-corrected chi connectivity index (χ3v) is 2.45. The molecule has 0 rings (SSSR count). The monoisotopic (exact) mass is 426 g/mol. The second-order valence-electron chi connectivity index (χ2n) is 4.28. The van der Waals surface area contributed by atoms with Gasteiger partial charge < -0.3 is 15.2 Å². The SMILES string of the molecule is CCOC(=O)CC(C)=NC.CCOC(=O)CC(C)=O.CN.O=[S](O)(=[Mg])OO. The molecule has 0 aromatic rings. The van der Waals surface area contributed by atoms with Crippen LogP contribution in [0.25, 0.3) is 0 Å². The topological polar surface area (TPSA) is 175 Å². The van der Waals surface area contributed by atoms with Gasteiger partial charge in [0.05, 0.1) is 19.6 Å². The van der Waals surface area contributed by atoms with Crippen LogP contribution < -0.4 is 5.73 Å². The molecular weight excluding hydrogens is 397 g/mol. The van der Waals surface area contributed by atoms with E-state index in [0.29, 0.717) is 39.4 Å². The third-order valence-electron chi connectivity index (χ3n) is 1.90. The Morgan fingerprint density at radius 3 is 1.59 bits per heavy atom. The van der Waals surface area contributed by atoms with Gasteiger partial charge in [-0.15, -0.1) is 0 Å². The molecule has 11 nitrogen and oxygen atoms in total. The van der Waals surface area contributed by atoms with E-state index in [1.54, 1.807) is 27.8 Å². The second-order valence-corrected chi connectivity index (χ2v) is 7.78. The Labute approximate surface area is 171 Å². The van der Waals surface area contributed by atoms with Gasteiger partial charge in [0.1, 0.15) is 12.2 Å². The van der Waals surface area contributed by atoms with Gasteiger partial charge in [-0.05, 0) is 34.7 Å². The number of hydrogen-bond donors (Lipinski definition) is 3. The van der Waals surface area contributed by atoms with Gasteiger partial charge in [0.25, 0.3) is 0 Å². The zero-order valence-corrected chi connectivity index (χ0v) is 19.0. The minimum atomic E-state index is -3.33. The van der Waals surface area contributed by atoms with E-state index >= 15 is 0 Å². The molecule has 0 amide bonds. The van der Waals surface area contributed by atoms with E-state index in [0.717, 1.165) is 5.71 Å². The molecule has 27 heavy (non-hydrogen) atoms. The van der Waals surface area contributed by atoms with Crippen LogP contribution in [0.5, 0.6) is 0 Å². The molecule has 1 unspecified atom stereocenters. The number of ketones is 1. The summed E-state index contributed by atoms with van der Waals surface area (Å²) in [6, 6.07) is 0. The normalized spacial score (nSPS) is 11.7. The van der Waals surface area contributed by atoms with Gasteiger partial charge in [0.2, 0.25) is 0 Å². The van der Waals surface area contributed by atoms with Gasteiger partial charge in [0.15, 0.2) is 0 Å². The average molecular weight is 427 g/mol. The molecule has 0 fully saturated rings. The zero-order chi connectivity index (χ0) is 22.5. The Kier molecular flexibility index (Phi) is 28.7. The summed E-state index contributed by atoms with van der Waals surface area (Å²) in [5.74, 6) is -0.802. The molecule has 0 saturated carbocycles. The van der Waals surface area contributed by atoms with Crippen LogP contribution in [0.1, 0.15) is 40.5 Å². The molecule has 158 valence electrons. The van der Waals surface area contributed by atoms with E-state index in [9.17, 15) is 18.6 Å². The van der Waals surface area contributed by atoms with Crippen molar-refractivity contribution < 1.29 is 42.2 Å². The number of rotatable bonds is 7. The molecule has 0 saturated heterocycles. The molecule has 0 aromatic heterocycles. The molecule has 1 atom stereocenters. The van der Waals surface area contributed by atoms with Gasteiger partial charge in [-0.1, -0.05) is 0 Å². The van der Waals surface area contributed by atoms with Crippen molar-refractivity contribution >= 4 is 50.6 Å². The van der Waals surface area contributed by atoms with Gasteiger partial charge in [0, 0.05) is 12.8 Å². The molecule has 0 bridgehead atoms. The van der Waals surface area contributed by atoms with Crippen molar-refractivity contribution in [3.05, 3.63) is 0 Å². The zero-order valence-electron chi connectivity index (χ0n) is 16.7. The van der Waals surface area contributed by atoms with Crippen LogP contribution in [-0.2, 0) is 35.5 Å². The number of Topliss-reactive ketones (excluding diaryl/α,β-unsaturated/α-hetero) is 1. The summed E-state index contributed by atoms with van der Waals surface area (Å²) < 4.78 is 29.8. The summed E-state index contributed by atoms with van der Waals surface area (Å²) >= 11 is 0.671. The first-order valence-electron chi connectivity index (χ1n) is 7.66. The molecule has 0 aliphatic heterocycles. The van der Waals surface area contributed by atoms with Crippen LogP contribution in [0.2, 0.25) is 0 Å². The Morgan fingerprint density at radius 1 is 1.04 bits per heavy atom. The molecule has 0 radical (unpaired) electrons. The number of carbonyl (C=O) groups is 3. The maximum absolute atomic E-state index is 10.7.